The number of likely N-dealkylation sites (tertiary alicyclic amines) is 1. The smallest absolute Gasteiger partial charge is 0.236 e. The highest BCUT2D eigenvalue weighted by Gasteiger charge is 2.27. The van der Waals surface area contributed by atoms with Crippen LogP contribution in [0.4, 0.5) is 13.2 Å². The first-order valence-electron chi connectivity index (χ1n) is 9.05. The van der Waals surface area contributed by atoms with Crippen molar-refractivity contribution in [3.63, 3.8) is 0 Å². The monoisotopic (exact) mass is 376 g/mol. The van der Waals surface area contributed by atoms with Crippen LogP contribution in [0.15, 0.2) is 42.5 Å². The van der Waals surface area contributed by atoms with Crippen LogP contribution in [0.1, 0.15) is 17.5 Å². The van der Waals surface area contributed by atoms with E-state index in [0.29, 0.717) is 37.2 Å². The van der Waals surface area contributed by atoms with Crippen LogP contribution in [0.25, 0.3) is 0 Å². The van der Waals surface area contributed by atoms with Gasteiger partial charge >= 0.3 is 0 Å². The Labute approximate surface area is 157 Å². The van der Waals surface area contributed by atoms with Gasteiger partial charge in [0.15, 0.2) is 0 Å². The standard InChI is InChI=1S/C21H23F3N2O/c1-25(13-17-4-2-3-5-20(17)24)14-21(27)26-7-6-15(12-26)8-16-9-18(22)11-19(23)10-16/h2-5,9-11,15H,6-8,12-14H2,1H3. The maximum Gasteiger partial charge on any atom is 0.236 e. The second kappa shape index (κ2) is 8.57. The number of amides is 1. The van der Waals surface area contributed by atoms with Crippen molar-refractivity contribution in [1.82, 2.24) is 9.80 Å². The number of hydrogen-bond donors (Lipinski definition) is 0. The van der Waals surface area contributed by atoms with Crippen LogP contribution < -0.4 is 0 Å². The molecule has 0 aromatic heterocycles. The van der Waals surface area contributed by atoms with Gasteiger partial charge in [0, 0.05) is 31.3 Å². The summed E-state index contributed by atoms with van der Waals surface area (Å²) >= 11 is 0. The van der Waals surface area contributed by atoms with Gasteiger partial charge in [0.25, 0.3) is 0 Å². The zero-order valence-corrected chi connectivity index (χ0v) is 15.3. The lowest BCUT2D eigenvalue weighted by Crippen LogP contribution is -2.37. The summed E-state index contributed by atoms with van der Waals surface area (Å²) in [4.78, 5) is 16.1. The molecule has 0 spiro atoms. The van der Waals surface area contributed by atoms with Gasteiger partial charge in [-0.05, 0) is 49.6 Å². The fourth-order valence-electron chi connectivity index (χ4n) is 3.59. The molecule has 1 aliphatic heterocycles. The van der Waals surface area contributed by atoms with Crippen LogP contribution >= 0.6 is 0 Å². The third-order valence-electron chi connectivity index (χ3n) is 4.89. The van der Waals surface area contributed by atoms with E-state index in [0.717, 1.165) is 12.5 Å². The van der Waals surface area contributed by atoms with Crippen molar-refractivity contribution < 1.29 is 18.0 Å². The molecule has 1 fully saturated rings. The molecule has 1 heterocycles. The topological polar surface area (TPSA) is 23.6 Å². The van der Waals surface area contributed by atoms with Crippen molar-refractivity contribution in [1.29, 1.82) is 0 Å². The second-order valence-electron chi connectivity index (χ2n) is 7.24. The molecule has 1 atom stereocenters. The quantitative estimate of drug-likeness (QED) is 0.769. The summed E-state index contributed by atoms with van der Waals surface area (Å²) in [5, 5.41) is 0. The second-order valence-corrected chi connectivity index (χ2v) is 7.24. The molecule has 1 amide bonds. The van der Waals surface area contributed by atoms with E-state index in [1.165, 1.54) is 18.2 Å². The van der Waals surface area contributed by atoms with Gasteiger partial charge < -0.3 is 4.90 Å². The molecule has 1 aliphatic rings. The Morgan fingerprint density at radius 3 is 2.56 bits per heavy atom. The van der Waals surface area contributed by atoms with Gasteiger partial charge in [-0.25, -0.2) is 13.2 Å². The molecule has 2 aromatic rings. The predicted octanol–water partition coefficient (Wildman–Crippen LogP) is 3.63. The number of benzene rings is 2. The van der Waals surface area contributed by atoms with Crippen molar-refractivity contribution in [2.24, 2.45) is 5.92 Å². The molecule has 3 rings (SSSR count). The summed E-state index contributed by atoms with van der Waals surface area (Å²) in [6.45, 7) is 1.77. The van der Waals surface area contributed by atoms with E-state index >= 15 is 0 Å². The Balaban J connectivity index is 1.50. The minimum absolute atomic E-state index is 0.0123. The molecule has 0 N–H and O–H groups in total. The van der Waals surface area contributed by atoms with Crippen LogP contribution in [-0.2, 0) is 17.8 Å². The first-order valence-corrected chi connectivity index (χ1v) is 9.05. The summed E-state index contributed by atoms with van der Waals surface area (Å²) in [6, 6.07) is 10.1. The van der Waals surface area contributed by atoms with E-state index in [2.05, 4.69) is 0 Å². The van der Waals surface area contributed by atoms with Gasteiger partial charge in [-0.1, -0.05) is 18.2 Å². The molecule has 1 unspecified atom stereocenters. The highest BCUT2D eigenvalue weighted by Crippen LogP contribution is 2.22. The van der Waals surface area contributed by atoms with Gasteiger partial charge in [0.1, 0.15) is 17.5 Å². The maximum atomic E-state index is 13.7. The van der Waals surface area contributed by atoms with Gasteiger partial charge in [-0.15, -0.1) is 0 Å². The van der Waals surface area contributed by atoms with Gasteiger partial charge in [0.05, 0.1) is 6.54 Å². The highest BCUT2D eigenvalue weighted by atomic mass is 19.1. The fourth-order valence-corrected chi connectivity index (χ4v) is 3.59. The third kappa shape index (κ3) is 5.32. The minimum Gasteiger partial charge on any atom is -0.341 e. The molecule has 6 heteroatoms. The average molecular weight is 376 g/mol. The van der Waals surface area contributed by atoms with Crippen molar-refractivity contribution >= 4 is 5.91 Å². The molecule has 27 heavy (non-hydrogen) atoms. The Kier molecular flexibility index (Phi) is 6.16. The lowest BCUT2D eigenvalue weighted by atomic mass is 9.98. The molecule has 2 aromatic carbocycles. The molecule has 0 bridgehead atoms. The summed E-state index contributed by atoms with van der Waals surface area (Å²) in [5.74, 6) is -1.26. The number of nitrogens with zero attached hydrogens (tertiary/aromatic N) is 2. The minimum atomic E-state index is -0.578. The normalized spacial score (nSPS) is 16.9. The Bertz CT molecular complexity index is 792. The van der Waals surface area contributed by atoms with Crippen molar-refractivity contribution in [3.8, 4) is 0 Å². The van der Waals surface area contributed by atoms with E-state index < -0.39 is 11.6 Å². The van der Waals surface area contributed by atoms with Crippen molar-refractivity contribution in [3.05, 3.63) is 71.0 Å². The molecule has 1 saturated heterocycles. The molecular weight excluding hydrogens is 353 g/mol. The first-order chi connectivity index (χ1) is 12.9. The van der Waals surface area contributed by atoms with E-state index in [-0.39, 0.29) is 24.2 Å². The fraction of sp³-hybridized carbons (Fsp3) is 0.381. The largest absolute Gasteiger partial charge is 0.341 e. The van der Waals surface area contributed by atoms with Crippen molar-refractivity contribution in [2.45, 2.75) is 19.4 Å². The predicted molar refractivity (Wildman–Crippen MR) is 97.5 cm³/mol. The van der Waals surface area contributed by atoms with E-state index in [9.17, 15) is 18.0 Å². The summed E-state index contributed by atoms with van der Waals surface area (Å²) in [6.07, 6.45) is 1.35. The molecule has 0 radical (unpaired) electrons. The number of likely N-dealkylation sites (N-methyl/N-ethyl adjacent to an activating group) is 1. The summed E-state index contributed by atoms with van der Waals surface area (Å²) in [5.41, 5.74) is 1.17. The van der Waals surface area contributed by atoms with E-state index in [1.54, 1.807) is 35.0 Å². The van der Waals surface area contributed by atoms with E-state index in [4.69, 9.17) is 0 Å². The first kappa shape index (κ1) is 19.4. The van der Waals surface area contributed by atoms with E-state index in [1.807, 2.05) is 0 Å². The number of hydrogen-bond acceptors (Lipinski definition) is 2. The van der Waals surface area contributed by atoms with Gasteiger partial charge in [-0.3, -0.25) is 9.69 Å². The van der Waals surface area contributed by atoms with Crippen molar-refractivity contribution in [2.75, 3.05) is 26.7 Å². The zero-order valence-electron chi connectivity index (χ0n) is 15.3. The molecule has 0 aliphatic carbocycles. The number of halogens is 3. The number of rotatable bonds is 6. The Morgan fingerprint density at radius 2 is 1.85 bits per heavy atom. The Morgan fingerprint density at radius 1 is 1.15 bits per heavy atom. The lowest BCUT2D eigenvalue weighted by Gasteiger charge is -2.22. The zero-order chi connectivity index (χ0) is 19.4. The highest BCUT2D eigenvalue weighted by molar-refractivity contribution is 5.78. The summed E-state index contributed by atoms with van der Waals surface area (Å²) in [7, 11) is 1.79. The summed E-state index contributed by atoms with van der Waals surface area (Å²) < 4.78 is 40.4. The molecular formula is C21H23F3N2O. The Hall–Kier alpha value is -2.34. The SMILES string of the molecule is CN(CC(=O)N1CCC(Cc2cc(F)cc(F)c2)C1)Cc1ccccc1F. The lowest BCUT2D eigenvalue weighted by molar-refractivity contribution is -0.131. The third-order valence-corrected chi connectivity index (χ3v) is 4.89. The number of carbonyl (C=O) groups excluding carboxylic acids is 1. The molecule has 3 nitrogen and oxygen atoms in total. The van der Waals surface area contributed by atoms with Crippen LogP contribution in [0, 0.1) is 23.4 Å². The van der Waals surface area contributed by atoms with Crippen LogP contribution in [0.3, 0.4) is 0 Å². The maximum absolute atomic E-state index is 13.7. The van der Waals surface area contributed by atoms with Crippen LogP contribution in [0.2, 0.25) is 0 Å². The number of carbonyl (C=O) groups is 1. The van der Waals surface area contributed by atoms with Gasteiger partial charge in [-0.2, -0.15) is 0 Å². The molecule has 144 valence electrons. The van der Waals surface area contributed by atoms with Gasteiger partial charge in [0.2, 0.25) is 5.91 Å². The average Bonchev–Trinajstić information content (AvgIpc) is 3.04. The molecule has 0 saturated carbocycles. The van der Waals surface area contributed by atoms with Crippen LogP contribution in [-0.4, -0.2) is 42.4 Å². The van der Waals surface area contributed by atoms with Crippen LogP contribution in [0.5, 0.6) is 0 Å².